The Hall–Kier alpha value is -0.980. The van der Waals surface area contributed by atoms with Crippen LogP contribution in [0.25, 0.3) is 0 Å². The van der Waals surface area contributed by atoms with Crippen molar-refractivity contribution in [3.05, 3.63) is 36.2 Å². The number of aryl methyl sites for hydroxylation is 1. The molecule has 1 aromatic rings. The summed E-state index contributed by atoms with van der Waals surface area (Å²) in [5.74, 6) is 1.07. The zero-order valence-corrected chi connectivity index (χ0v) is 7.18. The van der Waals surface area contributed by atoms with Crippen LogP contribution in [0.4, 0.5) is 0 Å². The first-order valence-corrected chi connectivity index (χ1v) is 4.44. The highest BCUT2D eigenvalue weighted by Crippen LogP contribution is 2.26. The Bertz CT molecular complexity index is 278. The number of hydrogen-bond donors (Lipinski definition) is 0. The van der Waals surface area contributed by atoms with Gasteiger partial charge in [0, 0.05) is 6.42 Å². The minimum absolute atomic E-state index is 0.850. The molecule has 12 heavy (non-hydrogen) atoms. The molecule has 1 heteroatoms. The van der Waals surface area contributed by atoms with E-state index in [9.17, 15) is 0 Å². The fourth-order valence-corrected chi connectivity index (χ4v) is 1.60. The smallest absolute Gasteiger partial charge is 0.122 e. The van der Waals surface area contributed by atoms with Gasteiger partial charge in [0.2, 0.25) is 0 Å². The molecule has 1 aliphatic rings. The lowest BCUT2D eigenvalue weighted by Gasteiger charge is -2.01. The standard InChI is InChI=1S/C11H13O/c1-2-3-9-4-5-11-10(8-9)6-7-12-11/h4-5,8H,1-3,6-7H2. The maximum atomic E-state index is 5.42. The SMILES string of the molecule is [CH2]CCc1ccc2c(c1)CCO2. The maximum absolute atomic E-state index is 5.42. The maximum Gasteiger partial charge on any atom is 0.122 e. The molecule has 0 saturated carbocycles. The van der Waals surface area contributed by atoms with Crippen molar-refractivity contribution in [3.8, 4) is 5.75 Å². The van der Waals surface area contributed by atoms with Gasteiger partial charge in [-0.05, 0) is 30.0 Å². The molecule has 0 unspecified atom stereocenters. The molecule has 0 aliphatic carbocycles. The third-order valence-electron chi connectivity index (χ3n) is 2.22. The second-order valence-corrected chi connectivity index (χ2v) is 3.14. The summed E-state index contributed by atoms with van der Waals surface area (Å²) in [5.41, 5.74) is 2.75. The van der Waals surface area contributed by atoms with Crippen molar-refractivity contribution in [2.24, 2.45) is 0 Å². The minimum Gasteiger partial charge on any atom is -0.493 e. The second-order valence-electron chi connectivity index (χ2n) is 3.14. The largest absolute Gasteiger partial charge is 0.493 e. The van der Waals surface area contributed by atoms with Gasteiger partial charge >= 0.3 is 0 Å². The molecule has 1 aromatic carbocycles. The first-order chi connectivity index (χ1) is 5.90. The van der Waals surface area contributed by atoms with E-state index in [-0.39, 0.29) is 0 Å². The first-order valence-electron chi connectivity index (χ1n) is 4.44. The summed E-state index contributed by atoms with van der Waals surface area (Å²) in [5, 5.41) is 0. The summed E-state index contributed by atoms with van der Waals surface area (Å²) in [7, 11) is 0. The number of fused-ring (bicyclic) bond motifs is 1. The van der Waals surface area contributed by atoms with Gasteiger partial charge in [-0.15, -0.1) is 0 Å². The average Bonchev–Trinajstić information content (AvgIpc) is 2.51. The van der Waals surface area contributed by atoms with Gasteiger partial charge in [-0.3, -0.25) is 0 Å². The molecule has 0 aromatic heterocycles. The van der Waals surface area contributed by atoms with E-state index in [1.807, 2.05) is 0 Å². The molecule has 1 nitrogen and oxygen atoms in total. The second kappa shape index (κ2) is 3.18. The number of benzene rings is 1. The number of ether oxygens (including phenoxy) is 1. The van der Waals surface area contributed by atoms with Crippen molar-refractivity contribution >= 4 is 0 Å². The van der Waals surface area contributed by atoms with E-state index in [2.05, 4.69) is 25.1 Å². The summed E-state index contributed by atoms with van der Waals surface area (Å²) in [6.07, 6.45) is 3.12. The van der Waals surface area contributed by atoms with E-state index in [0.717, 1.165) is 31.6 Å². The molecular weight excluding hydrogens is 148 g/mol. The molecule has 1 radical (unpaired) electrons. The Morgan fingerprint density at radius 1 is 1.42 bits per heavy atom. The van der Waals surface area contributed by atoms with Gasteiger partial charge in [0.05, 0.1) is 6.61 Å². The van der Waals surface area contributed by atoms with E-state index in [4.69, 9.17) is 4.74 Å². The molecule has 0 bridgehead atoms. The molecule has 0 amide bonds. The molecule has 0 atom stereocenters. The van der Waals surface area contributed by atoms with Crippen LogP contribution in [0.1, 0.15) is 17.5 Å². The van der Waals surface area contributed by atoms with Gasteiger partial charge in [0.1, 0.15) is 5.75 Å². The monoisotopic (exact) mass is 161 g/mol. The lowest BCUT2D eigenvalue weighted by atomic mass is 10.1. The van der Waals surface area contributed by atoms with Crippen molar-refractivity contribution in [1.82, 2.24) is 0 Å². The zero-order chi connectivity index (χ0) is 8.39. The normalized spacial score (nSPS) is 14.1. The Morgan fingerprint density at radius 2 is 2.33 bits per heavy atom. The highest BCUT2D eigenvalue weighted by Gasteiger charge is 2.11. The fourth-order valence-electron chi connectivity index (χ4n) is 1.60. The van der Waals surface area contributed by atoms with Crippen LogP contribution in [0.5, 0.6) is 5.75 Å². The van der Waals surface area contributed by atoms with Crippen LogP contribution >= 0.6 is 0 Å². The fraction of sp³-hybridized carbons (Fsp3) is 0.364. The Kier molecular flexibility index (Phi) is 2.03. The lowest BCUT2D eigenvalue weighted by Crippen LogP contribution is -1.85. The van der Waals surface area contributed by atoms with Crippen molar-refractivity contribution < 1.29 is 4.74 Å². The van der Waals surface area contributed by atoms with Crippen molar-refractivity contribution in [3.63, 3.8) is 0 Å². The van der Waals surface area contributed by atoms with Crippen LogP contribution in [-0.4, -0.2) is 6.61 Å². The lowest BCUT2D eigenvalue weighted by molar-refractivity contribution is 0.357. The summed E-state index contributed by atoms with van der Waals surface area (Å²) in [4.78, 5) is 0. The molecule has 0 spiro atoms. The predicted molar refractivity (Wildman–Crippen MR) is 49.3 cm³/mol. The Labute approximate surface area is 73.4 Å². The van der Waals surface area contributed by atoms with Gasteiger partial charge in [0.15, 0.2) is 0 Å². The molecule has 1 heterocycles. The van der Waals surface area contributed by atoms with Crippen LogP contribution in [0, 0.1) is 6.92 Å². The predicted octanol–water partition coefficient (Wildman–Crippen LogP) is 2.39. The number of hydrogen-bond acceptors (Lipinski definition) is 1. The van der Waals surface area contributed by atoms with Crippen LogP contribution in [0.3, 0.4) is 0 Å². The van der Waals surface area contributed by atoms with E-state index in [1.165, 1.54) is 11.1 Å². The molecule has 1 aliphatic heterocycles. The first kappa shape index (κ1) is 7.66. The molecular formula is C11H13O. The van der Waals surface area contributed by atoms with Crippen molar-refractivity contribution in [1.29, 1.82) is 0 Å². The molecule has 2 rings (SSSR count). The van der Waals surface area contributed by atoms with Crippen LogP contribution < -0.4 is 4.74 Å². The summed E-state index contributed by atoms with van der Waals surface area (Å²) < 4.78 is 5.42. The molecule has 0 N–H and O–H groups in total. The van der Waals surface area contributed by atoms with Crippen molar-refractivity contribution in [2.45, 2.75) is 19.3 Å². The highest BCUT2D eigenvalue weighted by atomic mass is 16.5. The highest BCUT2D eigenvalue weighted by molar-refractivity contribution is 5.39. The van der Waals surface area contributed by atoms with Crippen molar-refractivity contribution in [2.75, 3.05) is 6.61 Å². The number of rotatable bonds is 2. The average molecular weight is 161 g/mol. The topological polar surface area (TPSA) is 9.23 Å². The van der Waals surface area contributed by atoms with Gasteiger partial charge < -0.3 is 4.74 Å². The van der Waals surface area contributed by atoms with E-state index in [1.54, 1.807) is 0 Å². The quantitative estimate of drug-likeness (QED) is 0.647. The van der Waals surface area contributed by atoms with Crippen LogP contribution in [-0.2, 0) is 12.8 Å². The Balaban J connectivity index is 2.26. The van der Waals surface area contributed by atoms with Gasteiger partial charge in [-0.2, -0.15) is 0 Å². The molecule has 0 fully saturated rings. The zero-order valence-electron chi connectivity index (χ0n) is 7.18. The third kappa shape index (κ3) is 1.31. The summed E-state index contributed by atoms with van der Waals surface area (Å²) in [6, 6.07) is 6.45. The minimum atomic E-state index is 0.850. The molecule has 0 saturated heterocycles. The van der Waals surface area contributed by atoms with Gasteiger partial charge in [-0.1, -0.05) is 19.1 Å². The van der Waals surface area contributed by atoms with Gasteiger partial charge in [0.25, 0.3) is 0 Å². The van der Waals surface area contributed by atoms with Gasteiger partial charge in [-0.25, -0.2) is 0 Å². The summed E-state index contributed by atoms with van der Waals surface area (Å²) in [6.45, 7) is 4.69. The summed E-state index contributed by atoms with van der Waals surface area (Å²) >= 11 is 0. The third-order valence-corrected chi connectivity index (χ3v) is 2.22. The molecule has 63 valence electrons. The van der Waals surface area contributed by atoms with Crippen LogP contribution in [0.15, 0.2) is 18.2 Å². The van der Waals surface area contributed by atoms with E-state index >= 15 is 0 Å². The van der Waals surface area contributed by atoms with Crippen LogP contribution in [0.2, 0.25) is 0 Å². The van der Waals surface area contributed by atoms with E-state index in [0.29, 0.717) is 0 Å². The van der Waals surface area contributed by atoms with E-state index < -0.39 is 0 Å². The Morgan fingerprint density at radius 3 is 3.17 bits per heavy atom.